The van der Waals surface area contributed by atoms with E-state index in [1.165, 1.54) is 13.8 Å². The molecule has 1 saturated heterocycles. The number of Topliss-reactive ketones (excluding diaryl/α,β-unsaturated/α-hetero) is 1. The van der Waals surface area contributed by atoms with E-state index >= 15 is 0 Å². The van der Waals surface area contributed by atoms with E-state index < -0.39 is 29.1 Å². The number of benzene rings is 2. The minimum atomic E-state index is -1.62. The molecule has 0 unspecified atom stereocenters. The molecule has 3 rings (SSSR count). The molecule has 1 aliphatic rings. The minimum Gasteiger partial charge on any atom is -0.497 e. The van der Waals surface area contributed by atoms with Crippen LogP contribution in [0, 0.1) is 11.3 Å². The van der Waals surface area contributed by atoms with Gasteiger partial charge in [0.25, 0.3) is 5.79 Å². The zero-order chi connectivity index (χ0) is 21.9. The summed E-state index contributed by atoms with van der Waals surface area (Å²) in [4.78, 5) is 39.2. The van der Waals surface area contributed by atoms with Crippen LogP contribution < -0.4 is 4.74 Å². The fourth-order valence-electron chi connectivity index (χ4n) is 3.76. The molecule has 1 heterocycles. The zero-order valence-electron chi connectivity index (χ0n) is 17.6. The maximum atomic E-state index is 13.1. The lowest BCUT2D eigenvalue weighted by Crippen LogP contribution is -2.55. The fraction of sp³-hybridized carbons (Fsp3) is 0.375. The molecule has 1 atom stereocenters. The Hall–Kier alpha value is -3.15. The van der Waals surface area contributed by atoms with Crippen LogP contribution in [-0.2, 0) is 25.5 Å². The van der Waals surface area contributed by atoms with Crippen LogP contribution >= 0.6 is 0 Å². The van der Waals surface area contributed by atoms with Gasteiger partial charge >= 0.3 is 11.9 Å². The van der Waals surface area contributed by atoms with E-state index in [9.17, 15) is 14.4 Å². The Morgan fingerprint density at radius 2 is 1.63 bits per heavy atom. The van der Waals surface area contributed by atoms with Crippen LogP contribution in [0.5, 0.6) is 5.75 Å². The zero-order valence-corrected chi connectivity index (χ0v) is 17.6. The predicted octanol–water partition coefficient (Wildman–Crippen LogP) is 3.97. The van der Waals surface area contributed by atoms with Crippen LogP contribution in [0.4, 0.5) is 0 Å². The van der Waals surface area contributed by atoms with Crippen molar-refractivity contribution in [2.75, 3.05) is 7.11 Å². The molecular weight excluding hydrogens is 384 g/mol. The highest BCUT2D eigenvalue weighted by atomic mass is 16.7. The number of ether oxygens (including phenoxy) is 3. The molecule has 2 aromatic rings. The summed E-state index contributed by atoms with van der Waals surface area (Å²) in [5, 5.41) is 0. The molecule has 0 spiro atoms. The van der Waals surface area contributed by atoms with E-state index in [0.717, 1.165) is 0 Å². The first-order valence-corrected chi connectivity index (χ1v) is 9.86. The van der Waals surface area contributed by atoms with Gasteiger partial charge in [0.2, 0.25) is 0 Å². The summed E-state index contributed by atoms with van der Waals surface area (Å²) in [6.45, 7) is 4.73. The van der Waals surface area contributed by atoms with Gasteiger partial charge in [0.15, 0.2) is 11.2 Å². The number of ketones is 1. The SMILES string of the molecule is COc1cccc(CC2(C[C@H](C)C(=O)c3ccccc3)C(=O)OC(C)(C)OC2=O)c1. The first-order chi connectivity index (χ1) is 14.2. The lowest BCUT2D eigenvalue weighted by Gasteiger charge is -2.41. The van der Waals surface area contributed by atoms with E-state index in [0.29, 0.717) is 16.9 Å². The van der Waals surface area contributed by atoms with Crippen LogP contribution in [0.15, 0.2) is 54.6 Å². The van der Waals surface area contributed by atoms with Crippen molar-refractivity contribution in [2.45, 2.75) is 39.4 Å². The van der Waals surface area contributed by atoms with Gasteiger partial charge in [-0.25, -0.2) is 0 Å². The molecular formula is C24H26O6. The number of esters is 2. The quantitative estimate of drug-likeness (QED) is 0.390. The second-order valence-corrected chi connectivity index (χ2v) is 8.12. The lowest BCUT2D eigenvalue weighted by atomic mass is 9.73. The Morgan fingerprint density at radius 3 is 2.23 bits per heavy atom. The van der Waals surface area contributed by atoms with E-state index in [2.05, 4.69) is 0 Å². The van der Waals surface area contributed by atoms with Gasteiger partial charge in [-0.3, -0.25) is 14.4 Å². The van der Waals surface area contributed by atoms with Crippen molar-refractivity contribution in [3.8, 4) is 5.75 Å². The van der Waals surface area contributed by atoms with E-state index in [1.807, 2.05) is 6.07 Å². The molecule has 0 N–H and O–H groups in total. The van der Waals surface area contributed by atoms with Crippen LogP contribution in [0.3, 0.4) is 0 Å². The van der Waals surface area contributed by atoms with Crippen LogP contribution in [0.25, 0.3) is 0 Å². The van der Waals surface area contributed by atoms with Gasteiger partial charge in [-0.2, -0.15) is 0 Å². The summed E-state index contributed by atoms with van der Waals surface area (Å²) in [6.07, 6.45) is 0.0238. The minimum absolute atomic E-state index is 0.0221. The van der Waals surface area contributed by atoms with Crippen molar-refractivity contribution in [1.82, 2.24) is 0 Å². The van der Waals surface area contributed by atoms with E-state index in [4.69, 9.17) is 14.2 Å². The molecule has 0 amide bonds. The van der Waals surface area contributed by atoms with Crippen molar-refractivity contribution in [3.05, 3.63) is 65.7 Å². The standard InChI is InChI=1S/C24H26O6/c1-16(20(25)18-10-6-5-7-11-18)14-24(15-17-9-8-12-19(13-17)28-4)21(26)29-23(2,3)30-22(24)27/h5-13,16H,14-15H2,1-4H3/t16-/m0/s1. The van der Waals surface area contributed by atoms with Crippen LogP contribution in [0.2, 0.25) is 0 Å². The summed E-state index contributed by atoms with van der Waals surface area (Å²) in [5.41, 5.74) is -0.382. The Balaban J connectivity index is 1.96. The average Bonchev–Trinajstić information content (AvgIpc) is 2.71. The van der Waals surface area contributed by atoms with Crippen molar-refractivity contribution >= 4 is 17.7 Å². The Morgan fingerprint density at radius 1 is 1.00 bits per heavy atom. The normalized spacial score (nSPS) is 18.1. The molecule has 2 aromatic carbocycles. The summed E-state index contributed by atoms with van der Waals surface area (Å²) in [6, 6.07) is 15.9. The third-order valence-corrected chi connectivity index (χ3v) is 5.26. The highest BCUT2D eigenvalue weighted by Gasteiger charge is 2.57. The van der Waals surface area contributed by atoms with Crippen molar-refractivity contribution < 1.29 is 28.6 Å². The highest BCUT2D eigenvalue weighted by molar-refractivity contribution is 6.04. The monoisotopic (exact) mass is 410 g/mol. The van der Waals surface area contributed by atoms with Crippen molar-refractivity contribution in [3.63, 3.8) is 0 Å². The van der Waals surface area contributed by atoms with Gasteiger partial charge in [0, 0.05) is 25.3 Å². The first-order valence-electron chi connectivity index (χ1n) is 9.86. The van der Waals surface area contributed by atoms with Crippen LogP contribution in [-0.4, -0.2) is 30.6 Å². The molecule has 6 heteroatoms. The summed E-state index contributed by atoms with van der Waals surface area (Å²) in [5.74, 6) is -2.85. The van der Waals surface area contributed by atoms with Gasteiger partial charge < -0.3 is 14.2 Å². The molecule has 158 valence electrons. The molecule has 6 nitrogen and oxygen atoms in total. The second-order valence-electron chi connectivity index (χ2n) is 8.12. The van der Waals surface area contributed by atoms with Gasteiger partial charge in [-0.05, 0) is 30.5 Å². The largest absolute Gasteiger partial charge is 0.497 e. The molecule has 0 aliphatic carbocycles. The first kappa shape index (κ1) is 21.6. The molecule has 0 bridgehead atoms. The topological polar surface area (TPSA) is 78.9 Å². The molecule has 0 saturated carbocycles. The summed E-state index contributed by atoms with van der Waals surface area (Å²) < 4.78 is 16.2. The van der Waals surface area contributed by atoms with Gasteiger partial charge in [0.1, 0.15) is 5.75 Å². The fourth-order valence-corrected chi connectivity index (χ4v) is 3.76. The third-order valence-electron chi connectivity index (χ3n) is 5.26. The number of methoxy groups -OCH3 is 1. The van der Waals surface area contributed by atoms with Crippen LogP contribution in [0.1, 0.15) is 43.1 Å². The Bertz CT molecular complexity index is 927. The maximum Gasteiger partial charge on any atom is 0.327 e. The molecule has 1 aliphatic heterocycles. The third kappa shape index (κ3) is 4.37. The van der Waals surface area contributed by atoms with Crippen molar-refractivity contribution in [2.24, 2.45) is 11.3 Å². The number of hydrogen-bond acceptors (Lipinski definition) is 6. The summed E-state index contributed by atoms with van der Waals surface area (Å²) in [7, 11) is 1.54. The predicted molar refractivity (Wildman–Crippen MR) is 110 cm³/mol. The summed E-state index contributed by atoms with van der Waals surface area (Å²) >= 11 is 0. The van der Waals surface area contributed by atoms with Gasteiger partial charge in [0.05, 0.1) is 7.11 Å². The lowest BCUT2D eigenvalue weighted by molar-refractivity contribution is -0.252. The Kier molecular flexibility index (Phi) is 5.97. The number of carbonyl (C=O) groups excluding carboxylic acids is 3. The van der Waals surface area contributed by atoms with Gasteiger partial charge in [-0.15, -0.1) is 0 Å². The number of hydrogen-bond donors (Lipinski definition) is 0. The number of carbonyl (C=O) groups is 3. The molecule has 0 aromatic heterocycles. The Labute approximate surface area is 176 Å². The van der Waals surface area contributed by atoms with Gasteiger partial charge in [-0.1, -0.05) is 49.4 Å². The number of cyclic esters (lactones) is 2. The molecule has 30 heavy (non-hydrogen) atoms. The number of rotatable bonds is 7. The highest BCUT2D eigenvalue weighted by Crippen LogP contribution is 2.41. The van der Waals surface area contributed by atoms with E-state index in [-0.39, 0.29) is 18.6 Å². The molecule has 0 radical (unpaired) electrons. The van der Waals surface area contributed by atoms with E-state index in [1.54, 1.807) is 62.6 Å². The average molecular weight is 410 g/mol. The molecule has 1 fully saturated rings. The second kappa shape index (κ2) is 8.30. The smallest absolute Gasteiger partial charge is 0.327 e. The maximum absolute atomic E-state index is 13.1. The van der Waals surface area contributed by atoms with Crippen molar-refractivity contribution in [1.29, 1.82) is 0 Å².